The molecule has 8 nitrogen and oxygen atoms in total. The number of hydrogen-bond acceptors (Lipinski definition) is 6. The van der Waals surface area contributed by atoms with Crippen molar-refractivity contribution in [3.05, 3.63) is 47.9 Å². The van der Waals surface area contributed by atoms with E-state index >= 15 is 0 Å². The lowest BCUT2D eigenvalue weighted by molar-refractivity contribution is 0.0835. The van der Waals surface area contributed by atoms with Gasteiger partial charge >= 0.3 is 0 Å². The van der Waals surface area contributed by atoms with E-state index in [4.69, 9.17) is 9.26 Å². The van der Waals surface area contributed by atoms with Crippen molar-refractivity contribution in [2.24, 2.45) is 0 Å². The van der Waals surface area contributed by atoms with Gasteiger partial charge in [0.1, 0.15) is 11.8 Å². The van der Waals surface area contributed by atoms with Gasteiger partial charge < -0.3 is 14.6 Å². The average Bonchev–Trinajstić information content (AvgIpc) is 3.32. The molecular weight excluding hydrogens is 298 g/mol. The number of pyridine rings is 1. The molecule has 118 valence electrons. The summed E-state index contributed by atoms with van der Waals surface area (Å²) < 4.78 is 12.3. The number of nitrogens with one attached hydrogen (secondary N) is 1. The van der Waals surface area contributed by atoms with Gasteiger partial charge in [-0.05, 0) is 31.0 Å². The summed E-state index contributed by atoms with van der Waals surface area (Å²) in [6.45, 7) is 0.902. The van der Waals surface area contributed by atoms with Crippen molar-refractivity contribution in [2.45, 2.75) is 25.5 Å². The molecule has 0 bridgehead atoms. The van der Waals surface area contributed by atoms with E-state index in [-0.39, 0.29) is 18.6 Å². The van der Waals surface area contributed by atoms with Gasteiger partial charge in [0, 0.05) is 6.61 Å². The first-order valence-electron chi connectivity index (χ1n) is 7.46. The molecule has 4 rings (SSSR count). The van der Waals surface area contributed by atoms with Crippen molar-refractivity contribution in [3.63, 3.8) is 0 Å². The summed E-state index contributed by atoms with van der Waals surface area (Å²) in [4.78, 5) is 16.6. The third-order valence-electron chi connectivity index (χ3n) is 3.75. The van der Waals surface area contributed by atoms with Gasteiger partial charge in [-0.2, -0.15) is 10.1 Å². The van der Waals surface area contributed by atoms with E-state index in [1.165, 1.54) is 0 Å². The van der Waals surface area contributed by atoms with E-state index in [0.717, 1.165) is 18.4 Å². The molecule has 1 saturated heterocycles. The van der Waals surface area contributed by atoms with Crippen LogP contribution in [0.5, 0.6) is 0 Å². The molecule has 0 aromatic carbocycles. The molecule has 8 heteroatoms. The molecule has 1 fully saturated rings. The summed E-state index contributed by atoms with van der Waals surface area (Å²) in [6, 6.07) is 7.25. The molecule has 1 atom stereocenters. The zero-order chi connectivity index (χ0) is 15.6. The highest BCUT2D eigenvalue weighted by molar-refractivity contribution is 5.93. The van der Waals surface area contributed by atoms with Gasteiger partial charge in [-0.15, -0.1) is 0 Å². The highest BCUT2D eigenvalue weighted by Crippen LogP contribution is 2.26. The summed E-state index contributed by atoms with van der Waals surface area (Å²) in [5.74, 6) is 0.653. The second-order valence-electron chi connectivity index (χ2n) is 5.31. The van der Waals surface area contributed by atoms with Gasteiger partial charge in [-0.3, -0.25) is 4.79 Å². The van der Waals surface area contributed by atoms with Gasteiger partial charge in [0.05, 0.1) is 18.3 Å². The van der Waals surface area contributed by atoms with Crippen LogP contribution in [0.2, 0.25) is 0 Å². The lowest BCUT2D eigenvalue weighted by Gasteiger charge is -2.05. The Labute approximate surface area is 131 Å². The van der Waals surface area contributed by atoms with Gasteiger partial charge in [0.15, 0.2) is 5.82 Å². The van der Waals surface area contributed by atoms with Crippen LogP contribution in [-0.2, 0) is 11.3 Å². The molecule has 4 heterocycles. The highest BCUT2D eigenvalue weighted by atomic mass is 16.5. The lowest BCUT2D eigenvalue weighted by atomic mass is 10.2. The molecule has 3 aromatic heterocycles. The number of rotatable bonds is 4. The molecule has 1 N–H and O–H groups in total. The van der Waals surface area contributed by atoms with Crippen molar-refractivity contribution in [3.8, 4) is 0 Å². The summed E-state index contributed by atoms with van der Waals surface area (Å²) in [7, 11) is 0. The Hall–Kier alpha value is -2.74. The van der Waals surface area contributed by atoms with Crippen molar-refractivity contribution in [1.29, 1.82) is 0 Å². The molecule has 1 amide bonds. The molecule has 23 heavy (non-hydrogen) atoms. The van der Waals surface area contributed by atoms with E-state index in [1.54, 1.807) is 16.8 Å². The number of nitrogens with zero attached hydrogens (tertiary/aromatic N) is 4. The Bertz CT molecular complexity index is 834. The fourth-order valence-electron chi connectivity index (χ4n) is 2.61. The minimum absolute atomic E-state index is 0.121. The second-order valence-corrected chi connectivity index (χ2v) is 5.31. The highest BCUT2D eigenvalue weighted by Gasteiger charge is 2.24. The first-order chi connectivity index (χ1) is 11.3. The van der Waals surface area contributed by atoms with E-state index in [1.807, 2.05) is 18.2 Å². The number of fused-ring (bicyclic) bond motifs is 1. The van der Waals surface area contributed by atoms with Gasteiger partial charge in [0.25, 0.3) is 11.8 Å². The maximum atomic E-state index is 12.3. The Morgan fingerprint density at radius 2 is 2.35 bits per heavy atom. The van der Waals surface area contributed by atoms with Crippen LogP contribution >= 0.6 is 0 Å². The predicted molar refractivity (Wildman–Crippen MR) is 78.6 cm³/mol. The van der Waals surface area contributed by atoms with Gasteiger partial charge in [0.2, 0.25) is 0 Å². The van der Waals surface area contributed by atoms with E-state index in [2.05, 4.69) is 20.6 Å². The molecule has 0 saturated carbocycles. The van der Waals surface area contributed by atoms with E-state index in [0.29, 0.717) is 24.0 Å². The van der Waals surface area contributed by atoms with Crippen LogP contribution in [0, 0.1) is 0 Å². The molecular formula is C15H15N5O3. The maximum absolute atomic E-state index is 12.3. The van der Waals surface area contributed by atoms with Crippen LogP contribution in [-0.4, -0.2) is 32.3 Å². The first kappa shape index (κ1) is 13.9. The molecule has 1 aliphatic rings. The summed E-state index contributed by atoms with van der Waals surface area (Å²) in [5.41, 5.74) is 1.31. The third-order valence-corrected chi connectivity index (χ3v) is 3.75. The zero-order valence-corrected chi connectivity index (χ0v) is 12.3. The summed E-state index contributed by atoms with van der Waals surface area (Å²) >= 11 is 0. The lowest BCUT2D eigenvalue weighted by Crippen LogP contribution is -2.25. The number of aromatic nitrogens is 4. The smallest absolute Gasteiger partial charge is 0.270 e. The molecule has 0 unspecified atom stereocenters. The van der Waals surface area contributed by atoms with Crippen LogP contribution in [0.4, 0.5) is 0 Å². The number of hydrogen-bond donors (Lipinski definition) is 1. The molecule has 1 aliphatic heterocycles. The largest absolute Gasteiger partial charge is 0.368 e. The van der Waals surface area contributed by atoms with Gasteiger partial charge in [-0.1, -0.05) is 11.2 Å². The second kappa shape index (κ2) is 5.81. The fraction of sp³-hybridized carbons (Fsp3) is 0.333. The molecule has 3 aromatic rings. The number of amides is 1. The topological polar surface area (TPSA) is 94.5 Å². The van der Waals surface area contributed by atoms with E-state index < -0.39 is 0 Å². The van der Waals surface area contributed by atoms with Crippen LogP contribution in [0.25, 0.3) is 5.52 Å². The molecule has 0 spiro atoms. The minimum Gasteiger partial charge on any atom is -0.368 e. The van der Waals surface area contributed by atoms with Crippen molar-refractivity contribution >= 4 is 11.4 Å². The zero-order valence-electron chi connectivity index (χ0n) is 12.3. The quantitative estimate of drug-likeness (QED) is 0.784. The standard InChI is InChI=1S/C15H15N5O3/c21-14(11-4-1-3-10-6-7-17-20(10)11)16-9-13-18-15(23-19-13)12-5-2-8-22-12/h1,3-4,6-7,12H,2,5,8-9H2,(H,16,21)/t12-/m0/s1. The summed E-state index contributed by atoms with van der Waals surface area (Å²) in [6.07, 6.45) is 3.41. The monoisotopic (exact) mass is 313 g/mol. The molecule has 0 radical (unpaired) electrons. The normalized spacial score (nSPS) is 17.7. The maximum Gasteiger partial charge on any atom is 0.270 e. The average molecular weight is 313 g/mol. The predicted octanol–water partition coefficient (Wildman–Crippen LogP) is 1.50. The fourth-order valence-corrected chi connectivity index (χ4v) is 2.61. The molecule has 0 aliphatic carbocycles. The Morgan fingerprint density at radius 3 is 3.22 bits per heavy atom. The van der Waals surface area contributed by atoms with Crippen LogP contribution < -0.4 is 5.32 Å². The Balaban J connectivity index is 1.44. The van der Waals surface area contributed by atoms with Crippen LogP contribution in [0.15, 0.2) is 35.0 Å². The van der Waals surface area contributed by atoms with Gasteiger partial charge in [-0.25, -0.2) is 4.52 Å². The third kappa shape index (κ3) is 2.68. The van der Waals surface area contributed by atoms with Crippen molar-refractivity contribution < 1.29 is 14.1 Å². The van der Waals surface area contributed by atoms with Crippen LogP contribution in [0.1, 0.15) is 41.1 Å². The first-order valence-corrected chi connectivity index (χ1v) is 7.46. The Kier molecular flexibility index (Phi) is 3.51. The van der Waals surface area contributed by atoms with E-state index in [9.17, 15) is 4.79 Å². The minimum atomic E-state index is -0.247. The number of ether oxygens (including phenoxy) is 1. The SMILES string of the molecule is O=C(NCc1noc([C@@H]2CCCO2)n1)c1cccc2ccnn12. The van der Waals surface area contributed by atoms with Crippen molar-refractivity contribution in [1.82, 2.24) is 25.1 Å². The summed E-state index contributed by atoms with van der Waals surface area (Å²) in [5, 5.41) is 10.8. The van der Waals surface area contributed by atoms with Crippen LogP contribution in [0.3, 0.4) is 0 Å². The number of carbonyl (C=O) groups is 1. The Morgan fingerprint density at radius 1 is 1.39 bits per heavy atom. The van der Waals surface area contributed by atoms with Crippen molar-refractivity contribution in [2.75, 3.05) is 6.61 Å². The number of carbonyl (C=O) groups excluding carboxylic acids is 1.